The molecule has 1 aromatic carbocycles. The largest absolute Gasteiger partial charge is 0.382 e. The summed E-state index contributed by atoms with van der Waals surface area (Å²) in [7, 11) is -3.31. The predicted molar refractivity (Wildman–Crippen MR) is 121 cm³/mol. The Balaban J connectivity index is 1.70. The number of benzene rings is 1. The summed E-state index contributed by atoms with van der Waals surface area (Å²) in [5.74, 6) is 0.511. The fourth-order valence-corrected chi connectivity index (χ4v) is 5.07. The number of rotatable bonds is 7. The first-order valence-corrected chi connectivity index (χ1v) is 12.7. The van der Waals surface area contributed by atoms with Gasteiger partial charge in [0.2, 0.25) is 10.0 Å². The standard InChI is InChI=1S/C19H21F2IN6O2S/c1-31(29,30)24-5-2-6-28-15(25-16-17(23)26-19(21)27-18(16)28)9-11-7-12-10(8-14(11)22)3-4-13(12)20/h7-8,13,24H,2-6,9H2,1H3,(H2,23,26,27). The highest BCUT2D eigenvalue weighted by Gasteiger charge is 2.24. The SMILES string of the molecule is CS(=O)(=O)NCCCn1c(Cc2cc3c(cc2I)CCC3F)nc2c(N)nc(F)nc21. The molecule has 0 saturated carbocycles. The van der Waals surface area contributed by atoms with Crippen LogP contribution in [0, 0.1) is 9.65 Å². The van der Waals surface area contributed by atoms with Crippen molar-refractivity contribution >= 4 is 49.6 Å². The molecule has 3 aromatic rings. The van der Waals surface area contributed by atoms with Crippen molar-refractivity contribution in [1.82, 2.24) is 24.2 Å². The molecule has 4 rings (SSSR count). The highest BCUT2D eigenvalue weighted by Crippen LogP contribution is 2.36. The van der Waals surface area contributed by atoms with Crippen molar-refractivity contribution in [3.8, 4) is 0 Å². The topological polar surface area (TPSA) is 116 Å². The second-order valence-electron chi connectivity index (χ2n) is 7.58. The first-order valence-electron chi connectivity index (χ1n) is 9.70. The van der Waals surface area contributed by atoms with Crippen molar-refractivity contribution in [2.45, 2.75) is 38.4 Å². The van der Waals surface area contributed by atoms with E-state index < -0.39 is 22.3 Å². The van der Waals surface area contributed by atoms with E-state index in [1.165, 1.54) is 0 Å². The van der Waals surface area contributed by atoms with Crippen LogP contribution in [0.5, 0.6) is 0 Å². The summed E-state index contributed by atoms with van der Waals surface area (Å²) in [5.41, 5.74) is 9.03. The first kappa shape index (κ1) is 22.3. The number of nitrogens with one attached hydrogen (secondary N) is 1. The number of halogens is 3. The number of nitrogens with zero attached hydrogens (tertiary/aromatic N) is 4. The van der Waals surface area contributed by atoms with Gasteiger partial charge in [0.1, 0.15) is 12.0 Å². The van der Waals surface area contributed by atoms with Crippen LogP contribution in [0.3, 0.4) is 0 Å². The summed E-state index contributed by atoms with van der Waals surface area (Å²) in [6.07, 6.45) is 1.18. The molecular formula is C19H21F2IN6O2S. The lowest BCUT2D eigenvalue weighted by atomic mass is 10.0. The summed E-state index contributed by atoms with van der Waals surface area (Å²) in [6.45, 7) is 0.554. The Kier molecular flexibility index (Phi) is 6.14. The second-order valence-corrected chi connectivity index (χ2v) is 10.6. The third-order valence-electron chi connectivity index (χ3n) is 5.26. The first-order chi connectivity index (χ1) is 14.6. The van der Waals surface area contributed by atoms with Gasteiger partial charge in [-0.25, -0.2) is 22.5 Å². The van der Waals surface area contributed by atoms with E-state index in [9.17, 15) is 17.2 Å². The number of fused-ring (bicyclic) bond motifs is 2. The molecule has 0 saturated heterocycles. The van der Waals surface area contributed by atoms with Gasteiger partial charge in [-0.3, -0.25) is 0 Å². The van der Waals surface area contributed by atoms with Gasteiger partial charge in [-0.15, -0.1) is 0 Å². The van der Waals surface area contributed by atoms with Gasteiger partial charge in [-0.2, -0.15) is 14.4 Å². The van der Waals surface area contributed by atoms with E-state index >= 15 is 0 Å². The molecule has 31 heavy (non-hydrogen) atoms. The molecule has 0 spiro atoms. The highest BCUT2D eigenvalue weighted by atomic mass is 127. The molecule has 0 amide bonds. The molecule has 0 radical (unpaired) electrons. The van der Waals surface area contributed by atoms with Crippen LogP contribution in [0.2, 0.25) is 0 Å². The van der Waals surface area contributed by atoms with Crippen molar-refractivity contribution in [2.24, 2.45) is 0 Å². The van der Waals surface area contributed by atoms with E-state index in [0.29, 0.717) is 37.2 Å². The number of hydrogen-bond acceptors (Lipinski definition) is 6. The Bertz CT molecular complexity index is 1260. The molecule has 12 heteroatoms. The smallest absolute Gasteiger partial charge is 0.312 e. The lowest BCUT2D eigenvalue weighted by Crippen LogP contribution is -2.24. The number of imidazole rings is 1. The fourth-order valence-electron chi connectivity index (χ4n) is 3.83. The fraction of sp³-hybridized carbons (Fsp3) is 0.421. The van der Waals surface area contributed by atoms with Crippen LogP contribution in [0.15, 0.2) is 12.1 Å². The Morgan fingerprint density at radius 1 is 1.32 bits per heavy atom. The minimum atomic E-state index is -3.31. The summed E-state index contributed by atoms with van der Waals surface area (Å²) < 4.78 is 55.9. The third kappa shape index (κ3) is 4.80. The average Bonchev–Trinajstić information content (AvgIpc) is 3.19. The van der Waals surface area contributed by atoms with E-state index in [-0.39, 0.29) is 23.5 Å². The van der Waals surface area contributed by atoms with Gasteiger partial charge in [0.05, 0.1) is 6.26 Å². The van der Waals surface area contributed by atoms with Crippen molar-refractivity contribution in [2.75, 3.05) is 18.5 Å². The lowest BCUT2D eigenvalue weighted by molar-refractivity contribution is 0.343. The molecule has 1 aliphatic carbocycles. The summed E-state index contributed by atoms with van der Waals surface area (Å²) in [4.78, 5) is 11.9. The maximum absolute atomic E-state index is 14.3. The van der Waals surface area contributed by atoms with Crippen molar-refractivity contribution < 1.29 is 17.2 Å². The van der Waals surface area contributed by atoms with E-state index in [1.807, 2.05) is 12.1 Å². The van der Waals surface area contributed by atoms with Crippen LogP contribution in [-0.2, 0) is 29.4 Å². The number of nitrogens with two attached hydrogens (primary N) is 1. The van der Waals surface area contributed by atoms with Gasteiger partial charge in [0, 0.05) is 23.1 Å². The molecule has 8 nitrogen and oxygen atoms in total. The van der Waals surface area contributed by atoms with Crippen molar-refractivity contribution in [3.05, 3.63) is 44.3 Å². The van der Waals surface area contributed by atoms with Gasteiger partial charge in [0.25, 0.3) is 0 Å². The monoisotopic (exact) mass is 562 g/mol. The van der Waals surface area contributed by atoms with Gasteiger partial charge >= 0.3 is 6.08 Å². The predicted octanol–water partition coefficient (Wildman–Crippen LogP) is 2.64. The van der Waals surface area contributed by atoms with Gasteiger partial charge < -0.3 is 10.3 Å². The zero-order chi connectivity index (χ0) is 22.3. The molecule has 0 aliphatic heterocycles. The van der Waals surface area contributed by atoms with Crippen LogP contribution >= 0.6 is 22.6 Å². The van der Waals surface area contributed by atoms with Gasteiger partial charge in [-0.1, -0.05) is 6.07 Å². The minimum absolute atomic E-state index is 0.0655. The maximum Gasteiger partial charge on any atom is 0.312 e. The molecule has 0 bridgehead atoms. The van der Waals surface area contributed by atoms with Crippen LogP contribution in [-0.4, -0.2) is 40.7 Å². The van der Waals surface area contributed by atoms with E-state index in [2.05, 4.69) is 42.3 Å². The molecule has 1 aliphatic rings. The molecule has 1 atom stereocenters. The number of aromatic nitrogens is 4. The van der Waals surface area contributed by atoms with E-state index in [0.717, 1.165) is 27.4 Å². The lowest BCUT2D eigenvalue weighted by Gasteiger charge is -2.12. The number of aryl methyl sites for hydroxylation is 2. The van der Waals surface area contributed by atoms with E-state index in [4.69, 9.17) is 5.73 Å². The number of nitrogen functional groups attached to an aromatic ring is 1. The van der Waals surface area contributed by atoms with Crippen LogP contribution in [0.1, 0.15) is 41.5 Å². The zero-order valence-corrected chi connectivity index (χ0v) is 19.7. The second kappa shape index (κ2) is 8.54. The van der Waals surface area contributed by atoms with Gasteiger partial charge in [0.15, 0.2) is 17.0 Å². The molecular weight excluding hydrogens is 541 g/mol. The summed E-state index contributed by atoms with van der Waals surface area (Å²) in [6, 6.07) is 3.88. The van der Waals surface area contributed by atoms with Crippen LogP contribution in [0.25, 0.3) is 11.2 Å². The Morgan fingerprint density at radius 2 is 2.10 bits per heavy atom. The Labute approximate surface area is 191 Å². The number of anilines is 1. The maximum atomic E-state index is 14.3. The van der Waals surface area contributed by atoms with Crippen molar-refractivity contribution in [3.63, 3.8) is 0 Å². The van der Waals surface area contributed by atoms with Crippen LogP contribution in [0.4, 0.5) is 14.6 Å². The highest BCUT2D eigenvalue weighted by molar-refractivity contribution is 14.1. The molecule has 2 heterocycles. The number of alkyl halides is 1. The summed E-state index contributed by atoms with van der Waals surface area (Å²) in [5, 5.41) is 0. The minimum Gasteiger partial charge on any atom is -0.382 e. The normalized spacial score (nSPS) is 16.2. The van der Waals surface area contributed by atoms with E-state index in [1.54, 1.807) is 4.57 Å². The molecule has 3 N–H and O–H groups in total. The zero-order valence-electron chi connectivity index (χ0n) is 16.7. The quantitative estimate of drug-likeness (QED) is 0.260. The number of sulfonamides is 1. The molecule has 2 aromatic heterocycles. The molecule has 166 valence electrons. The van der Waals surface area contributed by atoms with Crippen LogP contribution < -0.4 is 10.5 Å². The summed E-state index contributed by atoms with van der Waals surface area (Å²) >= 11 is 2.22. The molecule has 1 unspecified atom stereocenters. The number of hydrogen-bond donors (Lipinski definition) is 2. The Morgan fingerprint density at radius 3 is 2.84 bits per heavy atom. The Hall–Kier alpha value is -1.93. The third-order valence-corrected chi connectivity index (χ3v) is 6.99. The molecule has 0 fully saturated rings. The average molecular weight is 562 g/mol. The van der Waals surface area contributed by atoms with Crippen molar-refractivity contribution in [1.29, 1.82) is 0 Å². The van der Waals surface area contributed by atoms with Gasteiger partial charge in [-0.05, 0) is 64.6 Å².